The van der Waals surface area contributed by atoms with Gasteiger partial charge >= 0.3 is 0 Å². The molecule has 0 aromatic heterocycles. The van der Waals surface area contributed by atoms with Gasteiger partial charge in [-0.25, -0.2) is 0 Å². The molecule has 0 unspecified atom stereocenters. The van der Waals surface area contributed by atoms with Crippen LogP contribution >= 0.6 is 11.6 Å². The van der Waals surface area contributed by atoms with Crippen LogP contribution in [-0.2, 0) is 4.74 Å². The molecular weight excluding hydrogens is 262 g/mol. The first kappa shape index (κ1) is 15.8. The van der Waals surface area contributed by atoms with Crippen molar-refractivity contribution in [2.24, 2.45) is 11.7 Å². The number of hydrogen-bond donors (Lipinski definition) is 2. The standard InChI is InChI=1S/C14H22ClN3O/c1-10(2)9-18(6-7-19-3)13-5-4-11(14(16)17)8-12(13)15/h4-5,8,10H,6-7,9H2,1-3H3,(H3,16,17). The van der Waals surface area contributed by atoms with Crippen molar-refractivity contribution < 1.29 is 4.74 Å². The first-order valence-electron chi connectivity index (χ1n) is 6.33. The molecule has 0 heterocycles. The quantitative estimate of drug-likeness (QED) is 0.597. The molecule has 0 bridgehead atoms. The number of methoxy groups -OCH3 is 1. The summed E-state index contributed by atoms with van der Waals surface area (Å²) in [6, 6.07) is 5.47. The highest BCUT2D eigenvalue weighted by Crippen LogP contribution is 2.27. The lowest BCUT2D eigenvalue weighted by molar-refractivity contribution is 0.204. The van der Waals surface area contributed by atoms with Gasteiger partial charge in [0.25, 0.3) is 0 Å². The van der Waals surface area contributed by atoms with Crippen molar-refractivity contribution >= 4 is 23.1 Å². The van der Waals surface area contributed by atoms with Crippen molar-refractivity contribution in [3.05, 3.63) is 28.8 Å². The van der Waals surface area contributed by atoms with Gasteiger partial charge in [-0.15, -0.1) is 0 Å². The molecule has 0 spiro atoms. The van der Waals surface area contributed by atoms with Crippen LogP contribution in [0.25, 0.3) is 0 Å². The van der Waals surface area contributed by atoms with Crippen LogP contribution < -0.4 is 10.6 Å². The van der Waals surface area contributed by atoms with Crippen LogP contribution in [0.5, 0.6) is 0 Å². The molecule has 0 aliphatic heterocycles. The topological polar surface area (TPSA) is 62.3 Å². The highest BCUT2D eigenvalue weighted by Gasteiger charge is 2.13. The Morgan fingerprint density at radius 1 is 1.47 bits per heavy atom. The fourth-order valence-corrected chi connectivity index (χ4v) is 2.18. The molecule has 1 aromatic carbocycles. The average molecular weight is 284 g/mol. The van der Waals surface area contributed by atoms with E-state index in [9.17, 15) is 0 Å². The summed E-state index contributed by atoms with van der Waals surface area (Å²) in [7, 11) is 1.69. The van der Waals surface area contributed by atoms with E-state index in [4.69, 9.17) is 27.5 Å². The fraction of sp³-hybridized carbons (Fsp3) is 0.500. The van der Waals surface area contributed by atoms with E-state index in [1.54, 1.807) is 13.2 Å². The molecule has 1 aromatic rings. The predicted octanol–water partition coefficient (Wildman–Crippen LogP) is 2.73. The SMILES string of the molecule is COCCN(CC(C)C)c1ccc(C(=N)N)cc1Cl. The Balaban J connectivity index is 2.97. The second-order valence-corrected chi connectivity index (χ2v) is 5.32. The number of nitrogen functional groups attached to an aromatic ring is 1. The monoisotopic (exact) mass is 283 g/mol. The van der Waals surface area contributed by atoms with E-state index in [0.717, 1.165) is 18.8 Å². The molecule has 0 saturated heterocycles. The maximum atomic E-state index is 7.42. The minimum atomic E-state index is 0.0285. The average Bonchev–Trinajstić information content (AvgIpc) is 2.34. The number of amidine groups is 1. The molecule has 3 N–H and O–H groups in total. The van der Waals surface area contributed by atoms with Crippen molar-refractivity contribution in [2.45, 2.75) is 13.8 Å². The van der Waals surface area contributed by atoms with Crippen molar-refractivity contribution in [2.75, 3.05) is 31.7 Å². The Morgan fingerprint density at radius 2 is 2.16 bits per heavy atom. The van der Waals surface area contributed by atoms with Crippen LogP contribution in [0.15, 0.2) is 18.2 Å². The van der Waals surface area contributed by atoms with Crippen molar-refractivity contribution in [1.82, 2.24) is 0 Å². The van der Waals surface area contributed by atoms with Gasteiger partial charge in [0.1, 0.15) is 5.84 Å². The predicted molar refractivity (Wildman–Crippen MR) is 81.4 cm³/mol. The lowest BCUT2D eigenvalue weighted by Gasteiger charge is -2.27. The van der Waals surface area contributed by atoms with Gasteiger partial charge in [-0.1, -0.05) is 25.4 Å². The molecule has 106 valence electrons. The molecule has 0 atom stereocenters. The van der Waals surface area contributed by atoms with Gasteiger partial charge in [0, 0.05) is 25.8 Å². The number of hydrogen-bond acceptors (Lipinski definition) is 3. The van der Waals surface area contributed by atoms with Crippen LogP contribution in [0.4, 0.5) is 5.69 Å². The first-order chi connectivity index (χ1) is 8.95. The Hall–Kier alpha value is -1.26. The third-order valence-corrected chi connectivity index (χ3v) is 3.05. The molecule has 1 rings (SSSR count). The van der Waals surface area contributed by atoms with Crippen LogP contribution in [0.3, 0.4) is 0 Å². The van der Waals surface area contributed by atoms with E-state index in [0.29, 0.717) is 23.1 Å². The molecule has 0 radical (unpaired) electrons. The Labute approximate surface area is 120 Å². The number of nitrogens with one attached hydrogen (secondary N) is 1. The number of rotatable bonds is 7. The van der Waals surface area contributed by atoms with Crippen molar-refractivity contribution in [1.29, 1.82) is 5.41 Å². The van der Waals surface area contributed by atoms with Crippen LogP contribution in [0.2, 0.25) is 5.02 Å². The third-order valence-electron chi connectivity index (χ3n) is 2.75. The lowest BCUT2D eigenvalue weighted by Crippen LogP contribution is -2.31. The largest absolute Gasteiger partial charge is 0.384 e. The van der Waals surface area contributed by atoms with E-state index in [1.165, 1.54) is 0 Å². The Kier molecular flexibility index (Phi) is 6.12. The number of halogens is 1. The number of nitrogens with zero attached hydrogens (tertiary/aromatic N) is 1. The van der Waals surface area contributed by atoms with Crippen LogP contribution in [0, 0.1) is 11.3 Å². The van der Waals surface area contributed by atoms with E-state index in [2.05, 4.69) is 18.7 Å². The van der Waals surface area contributed by atoms with Crippen LogP contribution in [-0.4, -0.2) is 32.6 Å². The second kappa shape index (κ2) is 7.36. The number of ether oxygens (including phenoxy) is 1. The van der Waals surface area contributed by atoms with Gasteiger partial charge in [-0.05, 0) is 24.1 Å². The highest BCUT2D eigenvalue weighted by atomic mass is 35.5. The maximum Gasteiger partial charge on any atom is 0.122 e. The zero-order valence-electron chi connectivity index (χ0n) is 11.7. The zero-order valence-corrected chi connectivity index (χ0v) is 12.5. The Morgan fingerprint density at radius 3 is 2.63 bits per heavy atom. The molecular formula is C14H22ClN3O. The molecule has 0 fully saturated rings. The minimum Gasteiger partial charge on any atom is -0.384 e. The summed E-state index contributed by atoms with van der Waals surface area (Å²) in [5, 5.41) is 8.03. The third kappa shape index (κ3) is 4.73. The maximum absolute atomic E-state index is 7.42. The molecule has 0 aliphatic rings. The van der Waals surface area contributed by atoms with E-state index in [1.807, 2.05) is 12.1 Å². The van der Waals surface area contributed by atoms with Gasteiger partial charge in [-0.2, -0.15) is 0 Å². The summed E-state index contributed by atoms with van der Waals surface area (Å²) in [5.74, 6) is 0.557. The van der Waals surface area contributed by atoms with E-state index < -0.39 is 0 Å². The molecule has 0 aliphatic carbocycles. The van der Waals surface area contributed by atoms with Crippen molar-refractivity contribution in [3.8, 4) is 0 Å². The van der Waals surface area contributed by atoms with Gasteiger partial charge < -0.3 is 15.4 Å². The smallest absolute Gasteiger partial charge is 0.122 e. The minimum absolute atomic E-state index is 0.0285. The van der Waals surface area contributed by atoms with Gasteiger partial charge in [-0.3, -0.25) is 5.41 Å². The van der Waals surface area contributed by atoms with E-state index >= 15 is 0 Å². The van der Waals surface area contributed by atoms with Gasteiger partial charge in [0.2, 0.25) is 0 Å². The normalized spacial score (nSPS) is 10.8. The molecule has 5 heteroatoms. The first-order valence-corrected chi connectivity index (χ1v) is 6.71. The summed E-state index contributed by atoms with van der Waals surface area (Å²) < 4.78 is 5.14. The Bertz CT molecular complexity index is 435. The number of anilines is 1. The molecule has 4 nitrogen and oxygen atoms in total. The zero-order chi connectivity index (χ0) is 14.4. The van der Waals surface area contributed by atoms with Gasteiger partial charge in [0.15, 0.2) is 0 Å². The highest BCUT2D eigenvalue weighted by molar-refractivity contribution is 6.33. The second-order valence-electron chi connectivity index (χ2n) is 4.91. The molecule has 0 saturated carbocycles. The summed E-state index contributed by atoms with van der Waals surface area (Å²) in [4.78, 5) is 2.19. The molecule has 19 heavy (non-hydrogen) atoms. The summed E-state index contributed by atoms with van der Waals surface area (Å²) >= 11 is 6.30. The summed E-state index contributed by atoms with van der Waals surface area (Å²) in [6.07, 6.45) is 0. The van der Waals surface area contributed by atoms with E-state index in [-0.39, 0.29) is 5.84 Å². The number of nitrogens with two attached hydrogens (primary N) is 1. The number of benzene rings is 1. The lowest BCUT2D eigenvalue weighted by atomic mass is 10.1. The van der Waals surface area contributed by atoms with Gasteiger partial charge in [0.05, 0.1) is 17.3 Å². The summed E-state index contributed by atoms with van der Waals surface area (Å²) in [5.41, 5.74) is 7.06. The fourth-order valence-electron chi connectivity index (χ4n) is 1.88. The summed E-state index contributed by atoms with van der Waals surface area (Å²) in [6.45, 7) is 6.67. The van der Waals surface area contributed by atoms with Crippen molar-refractivity contribution in [3.63, 3.8) is 0 Å². The van der Waals surface area contributed by atoms with Crippen LogP contribution in [0.1, 0.15) is 19.4 Å². The molecule has 0 amide bonds.